The van der Waals surface area contributed by atoms with Crippen LogP contribution < -0.4 is 0 Å². The summed E-state index contributed by atoms with van der Waals surface area (Å²) < 4.78 is 0. The Bertz CT molecular complexity index is 719. The van der Waals surface area contributed by atoms with Crippen molar-refractivity contribution in [3.05, 3.63) is 48.0 Å². The van der Waals surface area contributed by atoms with Gasteiger partial charge in [0.15, 0.2) is 0 Å². The van der Waals surface area contributed by atoms with Crippen LogP contribution in [-0.2, 0) is 4.79 Å². The molecule has 120 valence electrons. The summed E-state index contributed by atoms with van der Waals surface area (Å²) in [7, 11) is 0. The second-order valence-corrected chi connectivity index (χ2v) is 6.02. The molecule has 1 aliphatic rings. The highest BCUT2D eigenvalue weighted by molar-refractivity contribution is 6.18. The fraction of sp³-hybridized carbons (Fsp3) is 0.333. The zero-order valence-corrected chi connectivity index (χ0v) is 13.6. The second kappa shape index (κ2) is 7.01. The minimum absolute atomic E-state index is 0.0336. The Kier molecular flexibility index (Phi) is 4.82. The number of benzene rings is 2. The molecule has 0 aliphatic carbocycles. The first-order chi connectivity index (χ1) is 11.2. The van der Waals surface area contributed by atoms with Gasteiger partial charge in [0, 0.05) is 44.0 Å². The van der Waals surface area contributed by atoms with Crippen molar-refractivity contribution in [3.8, 4) is 0 Å². The van der Waals surface area contributed by atoms with E-state index >= 15 is 0 Å². The Balaban J connectivity index is 1.73. The molecule has 0 radical (unpaired) electrons. The van der Waals surface area contributed by atoms with Crippen molar-refractivity contribution >= 4 is 34.2 Å². The van der Waals surface area contributed by atoms with E-state index in [0.717, 1.165) is 16.3 Å². The molecule has 0 N–H and O–H groups in total. The van der Waals surface area contributed by atoms with E-state index < -0.39 is 0 Å². The van der Waals surface area contributed by atoms with Crippen molar-refractivity contribution < 1.29 is 9.59 Å². The van der Waals surface area contributed by atoms with Crippen molar-refractivity contribution in [1.82, 2.24) is 9.80 Å². The minimum Gasteiger partial charge on any atom is -0.339 e. The van der Waals surface area contributed by atoms with Crippen LogP contribution >= 0.6 is 11.6 Å². The molecule has 1 saturated heterocycles. The summed E-state index contributed by atoms with van der Waals surface area (Å²) in [4.78, 5) is 28.3. The number of hydrogen-bond donors (Lipinski definition) is 0. The number of piperazine rings is 1. The Morgan fingerprint density at radius 1 is 0.913 bits per heavy atom. The lowest BCUT2D eigenvalue weighted by molar-refractivity contribution is -0.132. The minimum atomic E-state index is 0.0336. The van der Waals surface area contributed by atoms with Gasteiger partial charge in [0.25, 0.3) is 5.91 Å². The Labute approximate surface area is 140 Å². The number of fused-ring (bicyclic) bond motifs is 1. The van der Waals surface area contributed by atoms with Crippen molar-refractivity contribution in [2.45, 2.75) is 6.42 Å². The molecule has 2 aromatic rings. The number of halogens is 1. The highest BCUT2D eigenvalue weighted by Gasteiger charge is 2.25. The number of carbonyl (C=O) groups is 2. The highest BCUT2D eigenvalue weighted by Crippen LogP contribution is 2.20. The topological polar surface area (TPSA) is 40.6 Å². The van der Waals surface area contributed by atoms with Gasteiger partial charge in [-0.3, -0.25) is 9.59 Å². The zero-order valence-electron chi connectivity index (χ0n) is 12.9. The standard InChI is InChI=1S/C18H19ClN2O2/c19-9-8-17(22)20-10-12-21(13-11-20)18(23)16-7-3-5-14-4-1-2-6-15(14)16/h1-7H,8-13H2. The van der Waals surface area contributed by atoms with Crippen molar-refractivity contribution in [1.29, 1.82) is 0 Å². The van der Waals surface area contributed by atoms with Crippen molar-refractivity contribution in [3.63, 3.8) is 0 Å². The lowest BCUT2D eigenvalue weighted by atomic mass is 10.0. The summed E-state index contributed by atoms with van der Waals surface area (Å²) in [6.07, 6.45) is 0.360. The first-order valence-corrected chi connectivity index (χ1v) is 8.35. The lowest BCUT2D eigenvalue weighted by Crippen LogP contribution is -2.50. The van der Waals surface area contributed by atoms with Crippen LogP contribution in [0.15, 0.2) is 42.5 Å². The fourth-order valence-electron chi connectivity index (χ4n) is 2.98. The molecule has 0 unspecified atom stereocenters. The number of hydrogen-bond acceptors (Lipinski definition) is 2. The number of amides is 2. The lowest BCUT2D eigenvalue weighted by Gasteiger charge is -2.35. The van der Waals surface area contributed by atoms with E-state index in [4.69, 9.17) is 11.6 Å². The normalized spacial score (nSPS) is 15.0. The molecule has 1 heterocycles. The Morgan fingerprint density at radius 2 is 1.57 bits per heavy atom. The summed E-state index contributed by atoms with van der Waals surface area (Å²) in [5.74, 6) is 0.442. The first-order valence-electron chi connectivity index (χ1n) is 7.81. The number of rotatable bonds is 3. The number of carbonyl (C=O) groups excluding carboxylic acids is 2. The molecule has 3 rings (SSSR count). The largest absolute Gasteiger partial charge is 0.339 e. The monoisotopic (exact) mass is 330 g/mol. The average Bonchev–Trinajstić information content (AvgIpc) is 2.61. The van der Waals surface area contributed by atoms with E-state index in [2.05, 4.69) is 0 Å². The molecular formula is C18H19ClN2O2. The predicted octanol–water partition coefficient (Wildman–Crippen LogP) is 2.75. The molecule has 0 bridgehead atoms. The molecule has 0 atom stereocenters. The average molecular weight is 331 g/mol. The molecular weight excluding hydrogens is 312 g/mol. The Morgan fingerprint density at radius 3 is 2.30 bits per heavy atom. The van der Waals surface area contributed by atoms with E-state index in [1.165, 1.54) is 0 Å². The van der Waals surface area contributed by atoms with E-state index in [9.17, 15) is 9.59 Å². The molecule has 0 saturated carbocycles. The molecule has 2 aromatic carbocycles. The third kappa shape index (κ3) is 3.32. The van der Waals surface area contributed by atoms with Crippen LogP contribution in [0.1, 0.15) is 16.8 Å². The zero-order chi connectivity index (χ0) is 16.2. The predicted molar refractivity (Wildman–Crippen MR) is 91.8 cm³/mol. The van der Waals surface area contributed by atoms with Crippen LogP contribution in [0.25, 0.3) is 10.8 Å². The van der Waals surface area contributed by atoms with Crippen LogP contribution in [0, 0.1) is 0 Å². The summed E-state index contributed by atoms with van der Waals surface area (Å²) in [6, 6.07) is 13.7. The highest BCUT2D eigenvalue weighted by atomic mass is 35.5. The maximum absolute atomic E-state index is 12.8. The van der Waals surface area contributed by atoms with Gasteiger partial charge in [0.2, 0.25) is 5.91 Å². The molecule has 0 aromatic heterocycles. The van der Waals surface area contributed by atoms with Gasteiger partial charge in [-0.25, -0.2) is 0 Å². The summed E-state index contributed by atoms with van der Waals surface area (Å²) in [5, 5.41) is 2.04. The second-order valence-electron chi connectivity index (χ2n) is 5.64. The Hall–Kier alpha value is -2.07. The van der Waals surface area contributed by atoms with Gasteiger partial charge in [-0.15, -0.1) is 11.6 Å². The number of alkyl halides is 1. The van der Waals surface area contributed by atoms with Crippen LogP contribution in [0.3, 0.4) is 0 Å². The van der Waals surface area contributed by atoms with Crippen LogP contribution in [0.5, 0.6) is 0 Å². The van der Waals surface area contributed by atoms with Gasteiger partial charge in [-0.1, -0.05) is 36.4 Å². The van der Waals surface area contributed by atoms with Gasteiger partial charge in [0.1, 0.15) is 0 Å². The summed E-state index contributed by atoms with van der Waals surface area (Å²) in [5.41, 5.74) is 0.726. The van der Waals surface area contributed by atoms with Crippen molar-refractivity contribution in [2.75, 3.05) is 32.1 Å². The third-order valence-corrected chi connectivity index (χ3v) is 4.44. The molecule has 5 heteroatoms. The van der Waals surface area contributed by atoms with E-state index in [0.29, 0.717) is 38.5 Å². The molecule has 0 spiro atoms. The van der Waals surface area contributed by atoms with Gasteiger partial charge in [-0.2, -0.15) is 0 Å². The molecule has 2 amide bonds. The smallest absolute Gasteiger partial charge is 0.254 e. The maximum Gasteiger partial charge on any atom is 0.254 e. The van der Waals surface area contributed by atoms with E-state index in [1.54, 1.807) is 4.90 Å². The van der Waals surface area contributed by atoms with E-state index in [-0.39, 0.29) is 11.8 Å². The quantitative estimate of drug-likeness (QED) is 0.812. The first kappa shape index (κ1) is 15.8. The van der Waals surface area contributed by atoms with Crippen molar-refractivity contribution in [2.24, 2.45) is 0 Å². The SMILES string of the molecule is O=C(CCCl)N1CCN(C(=O)c2cccc3ccccc23)CC1. The molecule has 1 fully saturated rings. The van der Waals surface area contributed by atoms with Crippen LogP contribution in [0.4, 0.5) is 0 Å². The summed E-state index contributed by atoms with van der Waals surface area (Å²) in [6.45, 7) is 2.28. The van der Waals surface area contributed by atoms with Crippen LogP contribution in [0.2, 0.25) is 0 Å². The molecule has 1 aliphatic heterocycles. The fourth-order valence-corrected chi connectivity index (χ4v) is 3.14. The maximum atomic E-state index is 12.8. The molecule has 23 heavy (non-hydrogen) atoms. The van der Waals surface area contributed by atoms with E-state index in [1.807, 2.05) is 47.4 Å². The number of nitrogens with zero attached hydrogens (tertiary/aromatic N) is 2. The van der Waals surface area contributed by atoms with Gasteiger partial charge < -0.3 is 9.80 Å². The van der Waals surface area contributed by atoms with Crippen LogP contribution in [-0.4, -0.2) is 53.7 Å². The van der Waals surface area contributed by atoms with Gasteiger partial charge in [0.05, 0.1) is 0 Å². The third-order valence-electron chi connectivity index (χ3n) is 4.25. The van der Waals surface area contributed by atoms with Gasteiger partial charge in [-0.05, 0) is 16.8 Å². The summed E-state index contributed by atoms with van der Waals surface area (Å²) >= 11 is 5.62. The molecule has 4 nitrogen and oxygen atoms in total. The van der Waals surface area contributed by atoms with Gasteiger partial charge >= 0.3 is 0 Å².